The van der Waals surface area contributed by atoms with Gasteiger partial charge in [-0.05, 0) is 69.5 Å². The highest BCUT2D eigenvalue weighted by atomic mass is 19.1. The standard InChI is InChI=1S/C25H28FN3O5/c1-24(2,3)34-22(30)13-17-11-18(26)6-7-19(17)27-23(31)16-5-8-20(21(12-16)29(32)33)28-14-25(15-28)9-4-10-25/h5-8,11-12H,4,9-10,13-15H2,1-3H3,(H,27,31). The number of nitrogens with zero attached hydrogens (tertiary/aromatic N) is 2. The summed E-state index contributed by atoms with van der Waals surface area (Å²) in [5.41, 5.74) is 0.558. The molecule has 2 aliphatic rings. The third kappa shape index (κ3) is 5.03. The minimum absolute atomic E-state index is 0.0990. The molecule has 1 amide bonds. The Morgan fingerprint density at radius 2 is 1.88 bits per heavy atom. The number of anilines is 2. The summed E-state index contributed by atoms with van der Waals surface area (Å²) in [5.74, 6) is -1.71. The van der Waals surface area contributed by atoms with Gasteiger partial charge in [0.2, 0.25) is 0 Å². The highest BCUT2D eigenvalue weighted by molar-refractivity contribution is 6.05. The molecule has 0 radical (unpaired) electrons. The first-order chi connectivity index (χ1) is 15.9. The second-order valence-electron chi connectivity index (χ2n) is 10.2. The number of nitrogens with one attached hydrogen (secondary N) is 1. The normalized spacial score (nSPS) is 16.4. The van der Waals surface area contributed by atoms with Crippen LogP contribution in [-0.2, 0) is 16.0 Å². The first kappa shape index (κ1) is 23.7. The zero-order valence-electron chi connectivity index (χ0n) is 19.5. The van der Waals surface area contributed by atoms with Crippen molar-refractivity contribution in [3.63, 3.8) is 0 Å². The number of rotatable bonds is 6. The Morgan fingerprint density at radius 3 is 2.47 bits per heavy atom. The number of nitro groups is 1. The predicted molar refractivity (Wildman–Crippen MR) is 125 cm³/mol. The van der Waals surface area contributed by atoms with Crippen molar-refractivity contribution in [3.8, 4) is 0 Å². The van der Waals surface area contributed by atoms with Crippen LogP contribution in [0, 0.1) is 21.3 Å². The Labute approximate surface area is 197 Å². The van der Waals surface area contributed by atoms with Crippen LogP contribution in [0.2, 0.25) is 0 Å². The first-order valence-corrected chi connectivity index (χ1v) is 11.3. The third-order valence-electron chi connectivity index (χ3n) is 6.31. The number of carbonyl (C=O) groups is 2. The third-order valence-corrected chi connectivity index (χ3v) is 6.31. The van der Waals surface area contributed by atoms with Crippen molar-refractivity contribution >= 4 is 28.9 Å². The quantitative estimate of drug-likeness (QED) is 0.368. The maximum atomic E-state index is 13.8. The number of esters is 1. The molecule has 0 aromatic heterocycles. The largest absolute Gasteiger partial charge is 0.460 e. The predicted octanol–water partition coefficient (Wildman–Crippen LogP) is 4.86. The zero-order valence-corrected chi connectivity index (χ0v) is 19.5. The lowest BCUT2D eigenvalue weighted by atomic mass is 9.63. The van der Waals surface area contributed by atoms with Crippen molar-refractivity contribution in [1.29, 1.82) is 0 Å². The number of hydrogen-bond acceptors (Lipinski definition) is 6. The summed E-state index contributed by atoms with van der Waals surface area (Å²) in [6, 6.07) is 8.08. The number of nitro benzene ring substituents is 1. The number of amides is 1. The van der Waals surface area contributed by atoms with E-state index in [0.29, 0.717) is 11.1 Å². The molecule has 4 rings (SSSR count). The van der Waals surface area contributed by atoms with E-state index in [0.717, 1.165) is 32.0 Å². The minimum Gasteiger partial charge on any atom is -0.460 e. The van der Waals surface area contributed by atoms with Crippen LogP contribution >= 0.6 is 0 Å². The van der Waals surface area contributed by atoms with E-state index in [1.165, 1.54) is 24.6 Å². The van der Waals surface area contributed by atoms with E-state index in [1.54, 1.807) is 32.9 Å². The minimum atomic E-state index is -0.705. The number of hydrogen-bond donors (Lipinski definition) is 1. The fraction of sp³-hybridized carbons (Fsp3) is 0.440. The van der Waals surface area contributed by atoms with Gasteiger partial charge in [-0.25, -0.2) is 4.39 Å². The van der Waals surface area contributed by atoms with Gasteiger partial charge in [-0.2, -0.15) is 0 Å². The molecule has 0 unspecified atom stereocenters. The molecule has 2 aromatic carbocycles. The maximum Gasteiger partial charge on any atom is 0.310 e. The van der Waals surface area contributed by atoms with Gasteiger partial charge in [0, 0.05) is 35.8 Å². The van der Waals surface area contributed by atoms with E-state index in [1.807, 2.05) is 4.90 Å². The molecule has 1 saturated carbocycles. The van der Waals surface area contributed by atoms with Crippen LogP contribution in [0.15, 0.2) is 36.4 Å². The van der Waals surface area contributed by atoms with Crippen LogP contribution in [-0.4, -0.2) is 35.5 Å². The van der Waals surface area contributed by atoms with Crippen LogP contribution in [0.1, 0.15) is 56.0 Å². The molecule has 2 aromatic rings. The van der Waals surface area contributed by atoms with Crippen molar-refractivity contribution in [2.45, 2.75) is 52.1 Å². The lowest BCUT2D eigenvalue weighted by molar-refractivity contribution is -0.384. The lowest BCUT2D eigenvalue weighted by Gasteiger charge is -2.56. The molecule has 9 heteroatoms. The van der Waals surface area contributed by atoms with E-state index in [4.69, 9.17) is 4.74 Å². The highest BCUT2D eigenvalue weighted by Crippen LogP contribution is 2.50. The fourth-order valence-electron chi connectivity index (χ4n) is 4.56. The molecule has 1 heterocycles. The monoisotopic (exact) mass is 469 g/mol. The smallest absolute Gasteiger partial charge is 0.310 e. The summed E-state index contributed by atoms with van der Waals surface area (Å²) in [6.07, 6.45) is 3.27. The molecule has 1 N–H and O–H groups in total. The van der Waals surface area contributed by atoms with E-state index >= 15 is 0 Å². The van der Waals surface area contributed by atoms with Crippen molar-refractivity contribution < 1.29 is 23.6 Å². The summed E-state index contributed by atoms with van der Waals surface area (Å²) < 4.78 is 19.1. The van der Waals surface area contributed by atoms with Gasteiger partial charge in [-0.1, -0.05) is 6.42 Å². The lowest BCUT2D eigenvalue weighted by Crippen LogP contribution is -2.60. The number of benzene rings is 2. The zero-order chi connectivity index (χ0) is 24.7. The molecule has 34 heavy (non-hydrogen) atoms. The summed E-state index contributed by atoms with van der Waals surface area (Å²) in [7, 11) is 0. The van der Waals surface area contributed by atoms with Crippen molar-refractivity contribution in [3.05, 3.63) is 63.5 Å². The Kier molecular flexibility index (Phi) is 6.05. The second-order valence-corrected chi connectivity index (χ2v) is 10.2. The average Bonchev–Trinajstić information content (AvgIpc) is 2.66. The van der Waals surface area contributed by atoms with Crippen LogP contribution < -0.4 is 10.2 Å². The van der Waals surface area contributed by atoms with Gasteiger partial charge < -0.3 is 15.0 Å². The fourth-order valence-corrected chi connectivity index (χ4v) is 4.56. The van der Waals surface area contributed by atoms with E-state index < -0.39 is 28.2 Å². The van der Waals surface area contributed by atoms with Gasteiger partial charge in [0.1, 0.15) is 17.1 Å². The molecular formula is C25H28FN3O5. The second kappa shape index (κ2) is 8.70. The number of carbonyl (C=O) groups excluding carboxylic acids is 2. The summed E-state index contributed by atoms with van der Waals surface area (Å²) in [6.45, 7) is 6.76. The summed E-state index contributed by atoms with van der Waals surface area (Å²) in [5, 5.41) is 14.4. The van der Waals surface area contributed by atoms with Crippen LogP contribution in [0.3, 0.4) is 0 Å². The Morgan fingerprint density at radius 1 is 1.18 bits per heavy atom. The molecule has 1 aliphatic heterocycles. The van der Waals surface area contributed by atoms with Gasteiger partial charge >= 0.3 is 5.97 Å². The van der Waals surface area contributed by atoms with Gasteiger partial charge in [0.15, 0.2) is 0 Å². The van der Waals surface area contributed by atoms with Crippen LogP contribution in [0.4, 0.5) is 21.5 Å². The number of ether oxygens (including phenoxy) is 1. The Balaban J connectivity index is 1.52. The van der Waals surface area contributed by atoms with Crippen LogP contribution in [0.25, 0.3) is 0 Å². The molecule has 180 valence electrons. The molecule has 2 fully saturated rings. The summed E-state index contributed by atoms with van der Waals surface area (Å²) >= 11 is 0. The summed E-state index contributed by atoms with van der Waals surface area (Å²) in [4.78, 5) is 38.4. The van der Waals surface area contributed by atoms with Crippen molar-refractivity contribution in [2.24, 2.45) is 5.41 Å². The molecule has 1 aliphatic carbocycles. The average molecular weight is 470 g/mol. The Bertz CT molecular complexity index is 1150. The Hall–Kier alpha value is -3.49. The van der Waals surface area contributed by atoms with Crippen molar-refractivity contribution in [1.82, 2.24) is 0 Å². The van der Waals surface area contributed by atoms with Gasteiger partial charge in [-0.3, -0.25) is 19.7 Å². The van der Waals surface area contributed by atoms with E-state index in [9.17, 15) is 24.1 Å². The number of halogens is 1. The van der Waals surface area contributed by atoms with Gasteiger partial charge in [0.25, 0.3) is 11.6 Å². The van der Waals surface area contributed by atoms with E-state index in [2.05, 4.69) is 5.32 Å². The molecule has 8 nitrogen and oxygen atoms in total. The van der Waals surface area contributed by atoms with Gasteiger partial charge in [-0.15, -0.1) is 0 Å². The highest BCUT2D eigenvalue weighted by Gasteiger charge is 2.48. The maximum absolute atomic E-state index is 13.8. The van der Waals surface area contributed by atoms with Crippen molar-refractivity contribution in [2.75, 3.05) is 23.3 Å². The molecular weight excluding hydrogens is 441 g/mol. The van der Waals surface area contributed by atoms with Gasteiger partial charge in [0.05, 0.1) is 11.3 Å². The van der Waals surface area contributed by atoms with Crippen LogP contribution in [0.5, 0.6) is 0 Å². The van der Waals surface area contributed by atoms with E-state index in [-0.39, 0.29) is 28.9 Å². The molecule has 0 atom stereocenters. The SMILES string of the molecule is CC(C)(C)OC(=O)Cc1cc(F)ccc1NC(=O)c1ccc(N2CC3(CCC3)C2)c([N+](=O)[O-])c1. The molecule has 0 bridgehead atoms. The molecule has 1 spiro atoms. The topological polar surface area (TPSA) is 102 Å². The first-order valence-electron chi connectivity index (χ1n) is 11.3. The molecule has 1 saturated heterocycles.